The molecule has 0 aromatic carbocycles. The number of carbonyl (C=O) groups is 1. The number of hydrogen-bond donors (Lipinski definition) is 2. The van der Waals surface area contributed by atoms with Gasteiger partial charge >= 0.3 is 5.97 Å². The maximum absolute atomic E-state index is 11.0. The van der Waals surface area contributed by atoms with Gasteiger partial charge in [0.1, 0.15) is 5.54 Å². The fourth-order valence-corrected chi connectivity index (χ4v) is 2.74. The topological polar surface area (TPSA) is 49.3 Å². The lowest BCUT2D eigenvalue weighted by Crippen LogP contribution is -2.49. The van der Waals surface area contributed by atoms with E-state index in [1.165, 1.54) is 0 Å². The zero-order chi connectivity index (χ0) is 11.4. The highest BCUT2D eigenvalue weighted by atomic mass is 32.2. The van der Waals surface area contributed by atoms with E-state index in [0.29, 0.717) is 16.9 Å². The Balaban J connectivity index is 4.24. The minimum absolute atomic E-state index is 0.351. The Hall–Kier alpha value is -0.220. The molecule has 3 nitrogen and oxygen atoms in total. The number of rotatable bonds is 6. The predicted molar refractivity (Wildman–Crippen MR) is 61.9 cm³/mol. The van der Waals surface area contributed by atoms with E-state index in [9.17, 15) is 4.79 Å². The fraction of sp³-hybridized carbons (Fsp3) is 0.900. The molecule has 0 amide bonds. The van der Waals surface area contributed by atoms with Crippen LogP contribution in [-0.2, 0) is 4.79 Å². The Labute approximate surface area is 90.7 Å². The zero-order valence-corrected chi connectivity index (χ0v) is 10.4. The fourth-order valence-electron chi connectivity index (χ4n) is 1.38. The minimum Gasteiger partial charge on any atom is -0.480 e. The largest absolute Gasteiger partial charge is 0.480 e. The van der Waals surface area contributed by atoms with E-state index in [1.807, 2.05) is 11.8 Å². The molecule has 84 valence electrons. The van der Waals surface area contributed by atoms with Gasteiger partial charge in [-0.25, -0.2) is 0 Å². The monoisotopic (exact) mass is 219 g/mol. The molecule has 0 rings (SSSR count). The van der Waals surface area contributed by atoms with Crippen LogP contribution in [0.1, 0.15) is 34.1 Å². The molecule has 0 saturated heterocycles. The van der Waals surface area contributed by atoms with Crippen LogP contribution in [0.25, 0.3) is 0 Å². The van der Waals surface area contributed by atoms with Crippen molar-refractivity contribution >= 4 is 17.7 Å². The lowest BCUT2D eigenvalue weighted by molar-refractivity contribution is -0.144. The van der Waals surface area contributed by atoms with E-state index >= 15 is 0 Å². The Morgan fingerprint density at radius 1 is 1.50 bits per heavy atom. The van der Waals surface area contributed by atoms with E-state index in [1.54, 1.807) is 14.0 Å². The molecule has 0 spiro atoms. The molecule has 0 radical (unpaired) electrons. The van der Waals surface area contributed by atoms with Crippen molar-refractivity contribution in [1.29, 1.82) is 0 Å². The standard InChI is InChI=1S/C10H21NO2S/c1-7(2)14-8(3)6-10(4,11-5)9(12)13/h7-8,11H,6H2,1-5H3,(H,12,13). The summed E-state index contributed by atoms with van der Waals surface area (Å²) in [7, 11) is 1.70. The highest BCUT2D eigenvalue weighted by molar-refractivity contribution is 8.00. The van der Waals surface area contributed by atoms with Gasteiger partial charge in [0, 0.05) is 5.25 Å². The highest BCUT2D eigenvalue weighted by Gasteiger charge is 2.33. The molecule has 2 unspecified atom stereocenters. The van der Waals surface area contributed by atoms with Gasteiger partial charge < -0.3 is 10.4 Å². The Kier molecular flexibility index (Phi) is 5.52. The van der Waals surface area contributed by atoms with Gasteiger partial charge in [-0.05, 0) is 25.6 Å². The van der Waals surface area contributed by atoms with Gasteiger partial charge in [0.25, 0.3) is 0 Å². The molecule has 0 aliphatic heterocycles. The van der Waals surface area contributed by atoms with Crippen molar-refractivity contribution in [3.8, 4) is 0 Å². The number of likely N-dealkylation sites (N-methyl/N-ethyl adjacent to an activating group) is 1. The smallest absolute Gasteiger partial charge is 0.323 e. The molecule has 0 fully saturated rings. The molecule has 2 atom stereocenters. The zero-order valence-electron chi connectivity index (χ0n) is 9.63. The Bertz CT molecular complexity index is 197. The number of hydrogen-bond acceptors (Lipinski definition) is 3. The Morgan fingerprint density at radius 2 is 2.00 bits per heavy atom. The molecular formula is C10H21NO2S. The van der Waals surface area contributed by atoms with Crippen LogP contribution in [0.2, 0.25) is 0 Å². The van der Waals surface area contributed by atoms with E-state index in [4.69, 9.17) is 5.11 Å². The molecule has 0 saturated carbocycles. The van der Waals surface area contributed by atoms with Crippen LogP contribution < -0.4 is 5.32 Å². The summed E-state index contributed by atoms with van der Waals surface area (Å²) in [6, 6.07) is 0. The van der Waals surface area contributed by atoms with Crippen molar-refractivity contribution in [2.75, 3.05) is 7.05 Å². The first kappa shape index (κ1) is 13.8. The van der Waals surface area contributed by atoms with Gasteiger partial charge in [-0.3, -0.25) is 4.79 Å². The van der Waals surface area contributed by atoms with Gasteiger partial charge in [-0.2, -0.15) is 11.8 Å². The number of nitrogens with one attached hydrogen (secondary N) is 1. The number of thioether (sulfide) groups is 1. The van der Waals surface area contributed by atoms with Crippen molar-refractivity contribution in [2.24, 2.45) is 0 Å². The molecular weight excluding hydrogens is 198 g/mol. The summed E-state index contributed by atoms with van der Waals surface area (Å²) in [6.45, 7) is 8.05. The summed E-state index contributed by atoms with van der Waals surface area (Å²) >= 11 is 1.81. The van der Waals surface area contributed by atoms with Crippen molar-refractivity contribution in [2.45, 2.75) is 50.2 Å². The SMILES string of the molecule is CNC(C)(CC(C)SC(C)C)C(=O)O. The normalized spacial score (nSPS) is 17.9. The molecule has 0 aromatic rings. The van der Waals surface area contributed by atoms with Crippen LogP contribution in [0.5, 0.6) is 0 Å². The van der Waals surface area contributed by atoms with Crippen LogP contribution in [0.3, 0.4) is 0 Å². The Morgan fingerprint density at radius 3 is 2.29 bits per heavy atom. The van der Waals surface area contributed by atoms with Gasteiger partial charge in [-0.15, -0.1) is 0 Å². The molecule has 4 heteroatoms. The lowest BCUT2D eigenvalue weighted by Gasteiger charge is -2.27. The third kappa shape index (κ3) is 4.33. The second kappa shape index (κ2) is 5.61. The van der Waals surface area contributed by atoms with Crippen LogP contribution >= 0.6 is 11.8 Å². The first-order valence-corrected chi connectivity index (χ1v) is 5.84. The third-order valence-corrected chi connectivity index (χ3v) is 3.40. The second-order valence-electron chi connectivity index (χ2n) is 4.09. The molecule has 2 N–H and O–H groups in total. The van der Waals surface area contributed by atoms with Crippen LogP contribution in [0.4, 0.5) is 0 Å². The summed E-state index contributed by atoms with van der Waals surface area (Å²) in [5, 5.41) is 12.8. The van der Waals surface area contributed by atoms with Crippen LogP contribution in [0.15, 0.2) is 0 Å². The number of carboxylic acid groups (broad SMARTS) is 1. The molecule has 0 aromatic heterocycles. The first-order valence-electron chi connectivity index (χ1n) is 4.89. The molecule has 0 bridgehead atoms. The predicted octanol–water partition coefficient (Wildman–Crippen LogP) is 1.97. The van der Waals surface area contributed by atoms with E-state index in [0.717, 1.165) is 0 Å². The summed E-state index contributed by atoms with van der Waals surface area (Å²) in [6.07, 6.45) is 0.641. The summed E-state index contributed by atoms with van der Waals surface area (Å²) in [5.41, 5.74) is -0.804. The van der Waals surface area contributed by atoms with E-state index in [-0.39, 0.29) is 0 Å². The second-order valence-corrected chi connectivity index (χ2v) is 6.11. The lowest BCUT2D eigenvalue weighted by atomic mass is 9.96. The first-order chi connectivity index (χ1) is 6.31. The van der Waals surface area contributed by atoms with Gasteiger partial charge in [0.15, 0.2) is 0 Å². The maximum Gasteiger partial charge on any atom is 0.323 e. The van der Waals surface area contributed by atoms with Crippen LogP contribution in [-0.4, -0.2) is 34.2 Å². The molecule has 0 heterocycles. The summed E-state index contributed by atoms with van der Waals surface area (Å²) in [4.78, 5) is 11.0. The van der Waals surface area contributed by atoms with Gasteiger partial charge in [0.2, 0.25) is 0 Å². The van der Waals surface area contributed by atoms with Crippen molar-refractivity contribution in [1.82, 2.24) is 5.32 Å². The molecule has 0 aliphatic rings. The average Bonchev–Trinajstić information content (AvgIpc) is 2.01. The summed E-state index contributed by atoms with van der Waals surface area (Å²) in [5.74, 6) is -0.781. The summed E-state index contributed by atoms with van der Waals surface area (Å²) < 4.78 is 0. The number of aliphatic carboxylic acids is 1. The maximum atomic E-state index is 11.0. The third-order valence-electron chi connectivity index (χ3n) is 2.22. The number of carboxylic acids is 1. The quantitative estimate of drug-likeness (QED) is 0.717. The molecule has 0 aliphatic carbocycles. The van der Waals surface area contributed by atoms with Crippen molar-refractivity contribution in [3.05, 3.63) is 0 Å². The average molecular weight is 219 g/mol. The highest BCUT2D eigenvalue weighted by Crippen LogP contribution is 2.25. The molecule has 14 heavy (non-hydrogen) atoms. The van der Waals surface area contributed by atoms with E-state index < -0.39 is 11.5 Å². The van der Waals surface area contributed by atoms with Crippen molar-refractivity contribution in [3.63, 3.8) is 0 Å². The van der Waals surface area contributed by atoms with E-state index in [2.05, 4.69) is 26.1 Å². The van der Waals surface area contributed by atoms with Crippen LogP contribution in [0, 0.1) is 0 Å². The minimum atomic E-state index is -0.804. The van der Waals surface area contributed by atoms with Crippen molar-refractivity contribution < 1.29 is 9.90 Å². The van der Waals surface area contributed by atoms with Gasteiger partial charge in [-0.1, -0.05) is 20.8 Å². The van der Waals surface area contributed by atoms with Gasteiger partial charge in [0.05, 0.1) is 0 Å².